The van der Waals surface area contributed by atoms with Gasteiger partial charge in [0.2, 0.25) is 0 Å². The Morgan fingerprint density at radius 3 is 2.43 bits per heavy atom. The number of nitrogens with one attached hydrogen (secondary N) is 1. The summed E-state index contributed by atoms with van der Waals surface area (Å²) in [5.41, 5.74) is -0.0153. The van der Waals surface area contributed by atoms with E-state index in [0.717, 1.165) is 0 Å². The van der Waals surface area contributed by atoms with Crippen molar-refractivity contribution in [2.24, 2.45) is 0 Å². The Morgan fingerprint density at radius 2 is 1.86 bits per heavy atom. The summed E-state index contributed by atoms with van der Waals surface area (Å²) in [5.74, 6) is -0.577. The molecule has 1 heterocycles. The second-order valence-electron chi connectivity index (χ2n) is 3.87. The van der Waals surface area contributed by atoms with Gasteiger partial charge in [-0.05, 0) is 24.3 Å². The van der Waals surface area contributed by atoms with E-state index in [1.165, 1.54) is 24.3 Å². The number of anilines is 1. The van der Waals surface area contributed by atoms with Crippen LogP contribution >= 0.6 is 39.1 Å². The normalized spacial score (nSPS) is 10.2. The quantitative estimate of drug-likeness (QED) is 0.480. The first kappa shape index (κ1) is 15.7. The molecular weight excluding hydrogens is 385 g/mol. The molecule has 0 aliphatic heterocycles. The van der Waals surface area contributed by atoms with Gasteiger partial charge in [0.1, 0.15) is 16.0 Å². The molecule has 0 unspecified atom stereocenters. The molecule has 0 bridgehead atoms. The van der Waals surface area contributed by atoms with E-state index in [-0.39, 0.29) is 27.2 Å². The van der Waals surface area contributed by atoms with Crippen molar-refractivity contribution < 1.29 is 9.72 Å². The highest BCUT2D eigenvalue weighted by molar-refractivity contribution is 9.10. The zero-order valence-corrected chi connectivity index (χ0v) is 13.2. The van der Waals surface area contributed by atoms with Gasteiger partial charge in [-0.25, -0.2) is 4.98 Å². The van der Waals surface area contributed by atoms with E-state index in [9.17, 15) is 14.9 Å². The van der Waals surface area contributed by atoms with Gasteiger partial charge in [0.15, 0.2) is 0 Å². The van der Waals surface area contributed by atoms with Gasteiger partial charge in [-0.2, -0.15) is 0 Å². The molecule has 0 radical (unpaired) electrons. The number of aromatic nitrogens is 1. The molecule has 9 heteroatoms. The summed E-state index contributed by atoms with van der Waals surface area (Å²) >= 11 is 14.6. The number of benzene rings is 1. The highest BCUT2D eigenvalue weighted by atomic mass is 79.9. The van der Waals surface area contributed by atoms with Crippen LogP contribution in [-0.4, -0.2) is 15.8 Å². The summed E-state index contributed by atoms with van der Waals surface area (Å²) in [6.45, 7) is 0. The van der Waals surface area contributed by atoms with Gasteiger partial charge in [-0.15, -0.1) is 0 Å². The number of nitrogens with zero attached hydrogens (tertiary/aromatic N) is 2. The summed E-state index contributed by atoms with van der Waals surface area (Å²) in [6, 6.07) is 6.92. The molecule has 2 aromatic rings. The molecule has 0 aliphatic carbocycles. The fourth-order valence-corrected chi connectivity index (χ4v) is 2.36. The molecule has 1 aromatic heterocycles. The Balaban J connectivity index is 2.33. The Labute approximate surface area is 137 Å². The Bertz CT molecular complexity index is 719. The van der Waals surface area contributed by atoms with Crippen molar-refractivity contribution in [3.8, 4) is 0 Å². The Morgan fingerprint density at radius 1 is 1.24 bits per heavy atom. The van der Waals surface area contributed by atoms with Crippen molar-refractivity contribution in [3.63, 3.8) is 0 Å². The molecule has 1 amide bonds. The first-order chi connectivity index (χ1) is 9.86. The van der Waals surface area contributed by atoms with E-state index in [2.05, 4.69) is 26.2 Å². The van der Waals surface area contributed by atoms with Crippen molar-refractivity contribution in [3.05, 3.63) is 60.8 Å². The molecule has 1 N–H and O–H groups in total. The van der Waals surface area contributed by atoms with Crippen LogP contribution in [0.25, 0.3) is 0 Å². The number of hydrogen-bond acceptors (Lipinski definition) is 4. The van der Waals surface area contributed by atoms with Crippen LogP contribution < -0.4 is 5.32 Å². The van der Waals surface area contributed by atoms with Crippen molar-refractivity contribution in [2.45, 2.75) is 0 Å². The highest BCUT2D eigenvalue weighted by Crippen LogP contribution is 2.28. The van der Waals surface area contributed by atoms with Gasteiger partial charge in [0.25, 0.3) is 11.6 Å². The number of amides is 1. The second-order valence-corrected chi connectivity index (χ2v) is 5.56. The Hall–Kier alpha value is -1.70. The van der Waals surface area contributed by atoms with Gasteiger partial charge in [-0.3, -0.25) is 14.9 Å². The summed E-state index contributed by atoms with van der Waals surface area (Å²) in [7, 11) is 0. The predicted molar refractivity (Wildman–Crippen MR) is 83.0 cm³/mol. The molecule has 0 fully saturated rings. The van der Waals surface area contributed by atoms with Crippen LogP contribution in [0.4, 0.5) is 11.4 Å². The minimum atomic E-state index is -0.590. The van der Waals surface area contributed by atoms with Crippen LogP contribution in [0.2, 0.25) is 10.3 Å². The number of nitro groups is 1. The summed E-state index contributed by atoms with van der Waals surface area (Å²) < 4.78 is 0.530. The molecule has 0 saturated heterocycles. The fraction of sp³-hybridized carbons (Fsp3) is 0. The number of carbonyl (C=O) groups excluding carboxylic acids is 1. The second kappa shape index (κ2) is 6.38. The third-order valence-electron chi connectivity index (χ3n) is 2.43. The van der Waals surface area contributed by atoms with Crippen molar-refractivity contribution in [2.75, 3.05) is 5.32 Å². The maximum atomic E-state index is 12.1. The fourth-order valence-electron chi connectivity index (χ4n) is 1.55. The van der Waals surface area contributed by atoms with Crippen molar-refractivity contribution >= 4 is 56.4 Å². The monoisotopic (exact) mass is 389 g/mol. The highest BCUT2D eigenvalue weighted by Gasteiger charge is 2.17. The maximum Gasteiger partial charge on any atom is 0.293 e. The molecule has 1 aromatic carbocycles. The largest absolute Gasteiger partial charge is 0.316 e. The van der Waals surface area contributed by atoms with Gasteiger partial charge in [-0.1, -0.05) is 39.1 Å². The van der Waals surface area contributed by atoms with E-state index in [1.807, 2.05) is 0 Å². The average Bonchev–Trinajstić information content (AvgIpc) is 2.39. The maximum absolute atomic E-state index is 12.1. The SMILES string of the molecule is O=C(Nc1ccc(Br)cc1[N+](=O)[O-])c1cc(Cl)nc(Cl)c1. The lowest BCUT2D eigenvalue weighted by atomic mass is 10.2. The molecule has 0 spiro atoms. The lowest BCUT2D eigenvalue weighted by Crippen LogP contribution is -2.13. The first-order valence-electron chi connectivity index (χ1n) is 5.45. The lowest BCUT2D eigenvalue weighted by Gasteiger charge is -2.07. The Kier molecular flexibility index (Phi) is 4.76. The third kappa shape index (κ3) is 3.90. The zero-order valence-electron chi connectivity index (χ0n) is 10.1. The molecule has 108 valence electrons. The summed E-state index contributed by atoms with van der Waals surface area (Å²) in [6.07, 6.45) is 0. The van der Waals surface area contributed by atoms with Crippen LogP contribution in [-0.2, 0) is 0 Å². The van der Waals surface area contributed by atoms with Crippen LogP contribution in [0.1, 0.15) is 10.4 Å². The van der Waals surface area contributed by atoms with Crippen LogP contribution in [0.5, 0.6) is 0 Å². The van der Waals surface area contributed by atoms with E-state index in [1.54, 1.807) is 6.07 Å². The number of hydrogen-bond donors (Lipinski definition) is 1. The smallest absolute Gasteiger partial charge is 0.293 e. The molecular formula is C12H6BrCl2N3O3. The standard InChI is InChI=1S/C12H6BrCl2N3O3/c13-7-1-2-8(9(5-7)18(20)21)16-12(19)6-3-10(14)17-11(15)4-6/h1-5H,(H,16,19). The van der Waals surface area contributed by atoms with E-state index >= 15 is 0 Å². The van der Waals surface area contributed by atoms with Gasteiger partial charge >= 0.3 is 0 Å². The minimum Gasteiger partial charge on any atom is -0.316 e. The number of halogens is 3. The number of nitro benzene ring substituents is 1. The summed E-state index contributed by atoms with van der Waals surface area (Å²) in [4.78, 5) is 26.2. The molecule has 0 saturated carbocycles. The van der Waals surface area contributed by atoms with Crippen molar-refractivity contribution in [1.29, 1.82) is 0 Å². The van der Waals surface area contributed by atoms with Gasteiger partial charge < -0.3 is 5.32 Å². The number of rotatable bonds is 3. The van der Waals surface area contributed by atoms with Gasteiger partial charge in [0, 0.05) is 16.1 Å². The van der Waals surface area contributed by atoms with E-state index in [0.29, 0.717) is 4.47 Å². The zero-order chi connectivity index (χ0) is 15.6. The summed E-state index contributed by atoms with van der Waals surface area (Å²) in [5, 5.41) is 13.5. The number of pyridine rings is 1. The van der Waals surface area contributed by atoms with E-state index < -0.39 is 10.8 Å². The molecule has 6 nitrogen and oxygen atoms in total. The van der Waals surface area contributed by atoms with E-state index in [4.69, 9.17) is 23.2 Å². The minimum absolute atomic E-state index is 0.0537. The van der Waals surface area contributed by atoms with Crippen LogP contribution in [0.15, 0.2) is 34.8 Å². The van der Waals surface area contributed by atoms with Gasteiger partial charge in [0.05, 0.1) is 4.92 Å². The first-order valence-corrected chi connectivity index (χ1v) is 7.00. The van der Waals surface area contributed by atoms with Crippen molar-refractivity contribution in [1.82, 2.24) is 4.98 Å². The molecule has 2 rings (SSSR count). The molecule has 0 aliphatic rings. The third-order valence-corrected chi connectivity index (χ3v) is 3.31. The van der Waals surface area contributed by atoms with Crippen LogP contribution in [0, 0.1) is 10.1 Å². The van der Waals surface area contributed by atoms with Crippen LogP contribution in [0.3, 0.4) is 0 Å². The number of carbonyl (C=O) groups is 1. The lowest BCUT2D eigenvalue weighted by molar-refractivity contribution is -0.384. The average molecular weight is 391 g/mol. The molecule has 0 atom stereocenters. The topological polar surface area (TPSA) is 85.1 Å². The molecule has 21 heavy (non-hydrogen) atoms. The predicted octanol–water partition coefficient (Wildman–Crippen LogP) is 4.31.